The molecule has 70 valence electrons. The maximum absolute atomic E-state index is 11.0. The van der Waals surface area contributed by atoms with Crippen LogP contribution in [-0.2, 0) is 4.79 Å². The third-order valence-corrected chi connectivity index (χ3v) is 3.44. The van der Waals surface area contributed by atoms with Crippen LogP contribution < -0.4 is 0 Å². The molecule has 1 aliphatic rings. The van der Waals surface area contributed by atoms with Gasteiger partial charge in [-0.25, -0.2) is 0 Å². The van der Waals surface area contributed by atoms with Crippen LogP contribution in [0.1, 0.15) is 33.1 Å². The number of hydrogen-bond donors (Lipinski definition) is 0. The zero-order chi connectivity index (χ0) is 9.35. The molecule has 0 aromatic rings. The first kappa shape index (κ1) is 10.3. The molecular formula is C9H14Cl2O. The summed E-state index contributed by atoms with van der Waals surface area (Å²) >= 11 is 11.6. The summed E-state index contributed by atoms with van der Waals surface area (Å²) in [5.74, 6) is 1.02. The first-order valence-electron chi connectivity index (χ1n) is 4.33. The number of carbonyl (C=O) groups excluding carboxylic acids is 1. The van der Waals surface area contributed by atoms with Gasteiger partial charge in [-0.05, 0) is 42.7 Å². The highest BCUT2D eigenvalue weighted by molar-refractivity contribution is 6.70. The topological polar surface area (TPSA) is 17.1 Å². The van der Waals surface area contributed by atoms with Gasteiger partial charge in [-0.3, -0.25) is 4.79 Å². The van der Waals surface area contributed by atoms with E-state index < -0.39 is 4.87 Å². The highest BCUT2D eigenvalue weighted by Crippen LogP contribution is 2.41. The Hall–Kier alpha value is 0.250. The van der Waals surface area contributed by atoms with E-state index in [-0.39, 0.29) is 5.24 Å². The van der Waals surface area contributed by atoms with Gasteiger partial charge >= 0.3 is 0 Å². The molecule has 1 rings (SSSR count). The Balaban J connectivity index is 2.71. The summed E-state index contributed by atoms with van der Waals surface area (Å²) in [6.45, 7) is 4.24. The Morgan fingerprint density at radius 2 is 1.75 bits per heavy atom. The fourth-order valence-electron chi connectivity index (χ4n) is 2.20. The molecule has 1 fully saturated rings. The third-order valence-electron chi connectivity index (χ3n) is 2.50. The normalized spacial score (nSPS) is 42.7. The minimum atomic E-state index is -0.779. The summed E-state index contributed by atoms with van der Waals surface area (Å²) in [5, 5.41) is -0.387. The molecule has 0 amide bonds. The average Bonchev–Trinajstić information content (AvgIpc) is 1.82. The van der Waals surface area contributed by atoms with E-state index in [4.69, 9.17) is 23.2 Å². The number of rotatable bonds is 1. The van der Waals surface area contributed by atoms with Crippen LogP contribution in [0, 0.1) is 11.8 Å². The monoisotopic (exact) mass is 208 g/mol. The fraction of sp³-hybridized carbons (Fsp3) is 0.889. The number of carbonyl (C=O) groups is 1. The first-order valence-corrected chi connectivity index (χ1v) is 5.08. The van der Waals surface area contributed by atoms with Crippen molar-refractivity contribution in [3.8, 4) is 0 Å². The quantitative estimate of drug-likeness (QED) is 0.478. The predicted molar refractivity (Wildman–Crippen MR) is 51.6 cm³/mol. The number of halogens is 2. The molecule has 1 nitrogen and oxygen atoms in total. The van der Waals surface area contributed by atoms with Crippen molar-refractivity contribution < 1.29 is 4.79 Å². The average molecular weight is 209 g/mol. The Morgan fingerprint density at radius 3 is 2.08 bits per heavy atom. The van der Waals surface area contributed by atoms with Crippen molar-refractivity contribution in [3.05, 3.63) is 0 Å². The summed E-state index contributed by atoms with van der Waals surface area (Å²) in [7, 11) is 0. The van der Waals surface area contributed by atoms with E-state index in [1.54, 1.807) is 0 Å². The van der Waals surface area contributed by atoms with Gasteiger partial charge in [-0.15, -0.1) is 11.6 Å². The molecule has 0 bridgehead atoms. The summed E-state index contributed by atoms with van der Waals surface area (Å²) < 4.78 is 0. The van der Waals surface area contributed by atoms with Crippen LogP contribution in [0.5, 0.6) is 0 Å². The van der Waals surface area contributed by atoms with Gasteiger partial charge in [0.1, 0.15) is 4.87 Å². The van der Waals surface area contributed by atoms with Crippen molar-refractivity contribution in [2.75, 3.05) is 0 Å². The minimum Gasteiger partial charge on any atom is -0.279 e. The van der Waals surface area contributed by atoms with E-state index in [0.717, 1.165) is 19.3 Å². The lowest BCUT2D eigenvalue weighted by Gasteiger charge is -2.35. The molecule has 12 heavy (non-hydrogen) atoms. The molecule has 0 aromatic heterocycles. The molecule has 0 heterocycles. The molecule has 2 atom stereocenters. The summed E-state index contributed by atoms with van der Waals surface area (Å²) in [4.78, 5) is 10.3. The van der Waals surface area contributed by atoms with Crippen LogP contribution >= 0.6 is 23.2 Å². The second-order valence-corrected chi connectivity index (χ2v) is 5.16. The second kappa shape index (κ2) is 3.55. The van der Waals surface area contributed by atoms with Crippen molar-refractivity contribution in [1.82, 2.24) is 0 Å². The molecular weight excluding hydrogens is 195 g/mol. The SMILES string of the molecule is CC1CC(C)CC(Cl)(C(=O)Cl)C1. The van der Waals surface area contributed by atoms with Crippen molar-refractivity contribution >= 4 is 28.4 Å². The van der Waals surface area contributed by atoms with Crippen LogP contribution in [0.4, 0.5) is 0 Å². The lowest BCUT2D eigenvalue weighted by molar-refractivity contribution is -0.115. The van der Waals surface area contributed by atoms with Gasteiger partial charge in [0, 0.05) is 0 Å². The maximum Gasteiger partial charge on any atom is 0.242 e. The maximum atomic E-state index is 11.0. The van der Waals surface area contributed by atoms with E-state index in [2.05, 4.69) is 13.8 Å². The van der Waals surface area contributed by atoms with Gasteiger partial charge < -0.3 is 0 Å². The summed E-state index contributed by atoms with van der Waals surface area (Å²) in [6.07, 6.45) is 2.60. The highest BCUT2D eigenvalue weighted by atomic mass is 35.5. The van der Waals surface area contributed by atoms with Gasteiger partial charge in [-0.1, -0.05) is 13.8 Å². The van der Waals surface area contributed by atoms with Gasteiger partial charge in [0.25, 0.3) is 0 Å². The van der Waals surface area contributed by atoms with Gasteiger partial charge in [-0.2, -0.15) is 0 Å². The molecule has 0 saturated heterocycles. The van der Waals surface area contributed by atoms with Crippen LogP contribution in [0.2, 0.25) is 0 Å². The Labute approximate surface area is 83.4 Å². The lowest BCUT2D eigenvalue weighted by atomic mass is 9.77. The Kier molecular flexibility index (Phi) is 3.06. The summed E-state index contributed by atoms with van der Waals surface area (Å²) in [6, 6.07) is 0. The lowest BCUT2D eigenvalue weighted by Crippen LogP contribution is -2.37. The van der Waals surface area contributed by atoms with Crippen molar-refractivity contribution in [2.24, 2.45) is 11.8 Å². The Bertz CT molecular complexity index is 181. The van der Waals surface area contributed by atoms with Crippen molar-refractivity contribution in [3.63, 3.8) is 0 Å². The minimum absolute atomic E-state index is 0.387. The fourth-order valence-corrected chi connectivity index (χ4v) is 2.88. The molecule has 0 aromatic carbocycles. The van der Waals surface area contributed by atoms with Crippen molar-refractivity contribution in [1.29, 1.82) is 0 Å². The zero-order valence-electron chi connectivity index (χ0n) is 7.44. The van der Waals surface area contributed by atoms with Crippen LogP contribution in [0.25, 0.3) is 0 Å². The molecule has 3 heteroatoms. The van der Waals surface area contributed by atoms with E-state index in [0.29, 0.717) is 11.8 Å². The zero-order valence-corrected chi connectivity index (χ0v) is 8.95. The molecule has 0 N–H and O–H groups in total. The van der Waals surface area contributed by atoms with E-state index in [1.807, 2.05) is 0 Å². The molecule has 2 unspecified atom stereocenters. The van der Waals surface area contributed by atoms with E-state index in [1.165, 1.54) is 0 Å². The van der Waals surface area contributed by atoms with Gasteiger partial charge in [0.2, 0.25) is 5.24 Å². The second-order valence-electron chi connectivity index (χ2n) is 4.09. The molecule has 0 radical (unpaired) electrons. The van der Waals surface area contributed by atoms with Crippen LogP contribution in [0.15, 0.2) is 0 Å². The van der Waals surface area contributed by atoms with Crippen LogP contribution in [-0.4, -0.2) is 10.1 Å². The highest BCUT2D eigenvalue weighted by Gasteiger charge is 2.41. The smallest absolute Gasteiger partial charge is 0.242 e. The standard InChI is InChI=1S/C9H14Cl2O/c1-6-3-7(2)5-9(11,4-6)8(10)12/h6-7H,3-5H2,1-2H3. The van der Waals surface area contributed by atoms with Crippen molar-refractivity contribution in [2.45, 2.75) is 38.0 Å². The van der Waals surface area contributed by atoms with Gasteiger partial charge in [0.05, 0.1) is 0 Å². The molecule has 0 spiro atoms. The predicted octanol–water partition coefficient (Wildman–Crippen LogP) is 3.19. The van der Waals surface area contributed by atoms with Gasteiger partial charge in [0.15, 0.2) is 0 Å². The third kappa shape index (κ3) is 2.14. The number of hydrogen-bond acceptors (Lipinski definition) is 1. The first-order chi connectivity index (χ1) is 5.44. The number of alkyl halides is 1. The molecule has 1 saturated carbocycles. The Morgan fingerprint density at radius 1 is 1.33 bits per heavy atom. The van der Waals surface area contributed by atoms with E-state index >= 15 is 0 Å². The largest absolute Gasteiger partial charge is 0.279 e. The van der Waals surface area contributed by atoms with Crippen LogP contribution in [0.3, 0.4) is 0 Å². The summed E-state index contributed by atoms with van der Waals surface area (Å²) in [5.41, 5.74) is 0. The molecule has 0 aliphatic heterocycles. The molecule has 1 aliphatic carbocycles. The van der Waals surface area contributed by atoms with E-state index in [9.17, 15) is 4.79 Å².